The van der Waals surface area contributed by atoms with Crippen molar-refractivity contribution in [1.82, 2.24) is 9.47 Å². The normalized spacial score (nSPS) is 23.4. The molecular formula is C25H29N3O5. The minimum absolute atomic E-state index is 0.0864. The second-order valence-electron chi connectivity index (χ2n) is 8.94. The zero-order valence-electron chi connectivity index (χ0n) is 18.8. The first kappa shape index (κ1) is 21.9. The van der Waals surface area contributed by atoms with Crippen LogP contribution >= 0.6 is 0 Å². The molecule has 8 nitrogen and oxygen atoms in total. The van der Waals surface area contributed by atoms with Crippen LogP contribution in [0.4, 0.5) is 5.69 Å². The minimum Gasteiger partial charge on any atom is -0.408 e. The van der Waals surface area contributed by atoms with Gasteiger partial charge in [0, 0.05) is 38.5 Å². The number of carbonyl (C=O) groups excluding carboxylic acids is 1. The number of carbonyl (C=O) groups is 1. The van der Waals surface area contributed by atoms with Crippen LogP contribution < -0.4 is 11.1 Å². The Hall–Kier alpha value is -2.94. The Morgan fingerprint density at radius 2 is 2.06 bits per heavy atom. The van der Waals surface area contributed by atoms with Gasteiger partial charge in [0.25, 0.3) is 0 Å². The summed E-state index contributed by atoms with van der Waals surface area (Å²) in [6.07, 6.45) is 2.80. The van der Waals surface area contributed by atoms with Gasteiger partial charge in [-0.15, -0.1) is 0 Å². The average Bonchev–Trinajstić information content (AvgIpc) is 3.39. The third-order valence-electron chi connectivity index (χ3n) is 6.73. The van der Waals surface area contributed by atoms with E-state index in [1.165, 1.54) is 4.57 Å². The number of aromatic nitrogens is 1. The molecule has 0 aliphatic carbocycles. The highest BCUT2D eigenvalue weighted by atomic mass is 16.6. The fourth-order valence-corrected chi connectivity index (χ4v) is 4.91. The molecule has 0 bridgehead atoms. The van der Waals surface area contributed by atoms with Crippen molar-refractivity contribution in [2.45, 2.75) is 37.6 Å². The van der Waals surface area contributed by atoms with Crippen LogP contribution in [0.1, 0.15) is 24.8 Å². The van der Waals surface area contributed by atoms with Gasteiger partial charge in [-0.3, -0.25) is 14.3 Å². The fraction of sp³-hybridized carbons (Fsp3) is 0.440. The number of nitrogens with zero attached hydrogens (tertiary/aromatic N) is 2. The van der Waals surface area contributed by atoms with Crippen LogP contribution in [0.15, 0.2) is 57.7 Å². The second kappa shape index (κ2) is 9.13. The molecule has 2 fully saturated rings. The first-order valence-electron chi connectivity index (χ1n) is 11.4. The lowest BCUT2D eigenvalue weighted by atomic mass is 9.85. The molecule has 3 heterocycles. The number of benzene rings is 2. The van der Waals surface area contributed by atoms with Crippen molar-refractivity contribution >= 4 is 22.7 Å². The highest BCUT2D eigenvalue weighted by Gasteiger charge is 2.47. The Labute approximate surface area is 192 Å². The summed E-state index contributed by atoms with van der Waals surface area (Å²) in [5, 5.41) is 2.92. The van der Waals surface area contributed by atoms with Crippen molar-refractivity contribution < 1.29 is 18.7 Å². The standard InChI is InChI=1S/C25H29N3O5/c1-27-20-9-8-19(14-21(20)33-24(27)30)26-23(29)16-28-12-11-25(10-5-13-32-25)22(15-28)31-17-18-6-3-2-4-7-18/h2-4,6-9,14,22H,5,10-13,15-17H2,1H3,(H,26,29)/t22-,25+/m0/s1. The zero-order valence-corrected chi connectivity index (χ0v) is 18.8. The van der Waals surface area contributed by atoms with E-state index in [1.807, 2.05) is 18.2 Å². The zero-order chi connectivity index (χ0) is 22.8. The predicted molar refractivity (Wildman–Crippen MR) is 124 cm³/mol. The SMILES string of the molecule is Cn1c(=O)oc2cc(NC(=O)CN3CC[C@]4(CCCO4)[C@@H](OCc4ccccc4)C3)ccc21. The minimum atomic E-state index is -0.425. The van der Waals surface area contributed by atoms with E-state index in [0.717, 1.165) is 38.0 Å². The summed E-state index contributed by atoms with van der Waals surface area (Å²) in [4.78, 5) is 26.6. The van der Waals surface area contributed by atoms with Crippen LogP contribution in [0.3, 0.4) is 0 Å². The molecule has 2 aliphatic heterocycles. The molecule has 2 aliphatic rings. The van der Waals surface area contributed by atoms with Crippen LogP contribution in [-0.2, 0) is 27.9 Å². The molecule has 174 valence electrons. The summed E-state index contributed by atoms with van der Waals surface area (Å²) in [7, 11) is 1.65. The first-order valence-corrected chi connectivity index (χ1v) is 11.4. The van der Waals surface area contributed by atoms with Crippen LogP contribution in [0.5, 0.6) is 0 Å². The molecule has 33 heavy (non-hydrogen) atoms. The molecule has 1 aromatic heterocycles. The number of aryl methyl sites for hydroxylation is 1. The van der Waals surface area contributed by atoms with Gasteiger partial charge in [-0.25, -0.2) is 4.79 Å². The molecule has 2 aromatic carbocycles. The van der Waals surface area contributed by atoms with Crippen LogP contribution in [0, 0.1) is 0 Å². The topological polar surface area (TPSA) is 85.9 Å². The lowest BCUT2D eigenvalue weighted by molar-refractivity contribution is -0.159. The summed E-state index contributed by atoms with van der Waals surface area (Å²) in [6, 6.07) is 15.4. The van der Waals surface area contributed by atoms with Crippen LogP contribution in [0.25, 0.3) is 11.1 Å². The maximum Gasteiger partial charge on any atom is 0.419 e. The fourth-order valence-electron chi connectivity index (χ4n) is 4.91. The van der Waals surface area contributed by atoms with E-state index in [0.29, 0.717) is 29.9 Å². The van der Waals surface area contributed by atoms with Crippen LogP contribution in [0.2, 0.25) is 0 Å². The van der Waals surface area contributed by atoms with E-state index in [1.54, 1.807) is 25.2 Å². The van der Waals surface area contributed by atoms with Crippen molar-refractivity contribution in [3.05, 3.63) is 64.6 Å². The van der Waals surface area contributed by atoms with E-state index in [9.17, 15) is 9.59 Å². The third-order valence-corrected chi connectivity index (χ3v) is 6.73. The van der Waals surface area contributed by atoms with E-state index in [4.69, 9.17) is 13.9 Å². The molecule has 5 rings (SSSR count). The number of hydrogen-bond acceptors (Lipinski definition) is 6. The van der Waals surface area contributed by atoms with E-state index in [-0.39, 0.29) is 24.2 Å². The largest absolute Gasteiger partial charge is 0.419 e. The smallest absolute Gasteiger partial charge is 0.408 e. The van der Waals surface area contributed by atoms with Crippen molar-refractivity contribution in [3.63, 3.8) is 0 Å². The number of nitrogens with one attached hydrogen (secondary N) is 1. The molecule has 8 heteroatoms. The quantitative estimate of drug-likeness (QED) is 0.620. The van der Waals surface area contributed by atoms with E-state index < -0.39 is 5.76 Å². The van der Waals surface area contributed by atoms with Gasteiger partial charge in [-0.2, -0.15) is 0 Å². The van der Waals surface area contributed by atoms with Crippen molar-refractivity contribution in [1.29, 1.82) is 0 Å². The molecule has 1 N–H and O–H groups in total. The molecule has 3 aromatic rings. The Balaban J connectivity index is 1.22. The number of anilines is 1. The number of amides is 1. The van der Waals surface area contributed by atoms with Gasteiger partial charge >= 0.3 is 5.76 Å². The Morgan fingerprint density at radius 3 is 2.85 bits per heavy atom. The number of likely N-dealkylation sites (tertiary alicyclic amines) is 1. The molecule has 1 amide bonds. The van der Waals surface area contributed by atoms with Gasteiger partial charge in [-0.1, -0.05) is 30.3 Å². The van der Waals surface area contributed by atoms with Crippen molar-refractivity contribution in [2.24, 2.45) is 7.05 Å². The van der Waals surface area contributed by atoms with Crippen molar-refractivity contribution in [3.8, 4) is 0 Å². The number of ether oxygens (including phenoxy) is 2. The average molecular weight is 452 g/mol. The summed E-state index contributed by atoms with van der Waals surface area (Å²) >= 11 is 0. The van der Waals surface area contributed by atoms with Gasteiger partial charge in [-0.05, 0) is 37.0 Å². The lowest BCUT2D eigenvalue weighted by Gasteiger charge is -2.44. The molecule has 0 unspecified atom stereocenters. The lowest BCUT2D eigenvalue weighted by Crippen LogP contribution is -2.57. The van der Waals surface area contributed by atoms with Crippen LogP contribution in [-0.4, -0.2) is 53.3 Å². The summed E-state index contributed by atoms with van der Waals surface area (Å²) in [5.74, 6) is -0.538. The number of fused-ring (bicyclic) bond motifs is 1. The predicted octanol–water partition coefficient (Wildman–Crippen LogP) is 2.91. The molecular weight excluding hydrogens is 422 g/mol. The van der Waals surface area contributed by atoms with E-state index >= 15 is 0 Å². The number of oxazole rings is 1. The Kier molecular flexibility index (Phi) is 6.05. The summed E-state index contributed by atoms with van der Waals surface area (Å²) in [5.41, 5.74) is 2.62. The monoisotopic (exact) mass is 451 g/mol. The molecule has 1 spiro atoms. The Morgan fingerprint density at radius 1 is 1.21 bits per heavy atom. The van der Waals surface area contributed by atoms with Gasteiger partial charge in [0.05, 0.1) is 30.4 Å². The van der Waals surface area contributed by atoms with Gasteiger partial charge < -0.3 is 19.2 Å². The number of rotatable bonds is 6. The molecule has 2 atom stereocenters. The third kappa shape index (κ3) is 4.59. The van der Waals surface area contributed by atoms with Gasteiger partial charge in [0.2, 0.25) is 5.91 Å². The molecule has 0 radical (unpaired) electrons. The first-order chi connectivity index (χ1) is 16.0. The van der Waals surface area contributed by atoms with Gasteiger partial charge in [0.1, 0.15) is 0 Å². The highest BCUT2D eigenvalue weighted by molar-refractivity contribution is 5.94. The molecule has 2 saturated heterocycles. The summed E-state index contributed by atoms with van der Waals surface area (Å²) < 4.78 is 19.2. The summed E-state index contributed by atoms with van der Waals surface area (Å²) in [6.45, 7) is 2.98. The maximum absolute atomic E-state index is 12.8. The number of hydrogen-bond donors (Lipinski definition) is 1. The van der Waals surface area contributed by atoms with E-state index in [2.05, 4.69) is 22.3 Å². The van der Waals surface area contributed by atoms with Gasteiger partial charge in [0.15, 0.2) is 5.58 Å². The molecule has 0 saturated carbocycles. The Bertz CT molecular complexity index is 1180. The van der Waals surface area contributed by atoms with Crippen molar-refractivity contribution in [2.75, 3.05) is 31.6 Å². The number of piperidine rings is 1. The highest BCUT2D eigenvalue weighted by Crippen LogP contribution is 2.38. The maximum atomic E-state index is 12.8. The second-order valence-corrected chi connectivity index (χ2v) is 8.94.